The molecule has 0 bridgehead atoms. The van der Waals surface area contributed by atoms with Gasteiger partial charge in [0.15, 0.2) is 0 Å². The number of fused-ring (bicyclic) bond motifs is 1. The molecule has 0 atom stereocenters. The molecule has 3 nitrogen and oxygen atoms in total. The lowest BCUT2D eigenvalue weighted by atomic mass is 10.1. The van der Waals surface area contributed by atoms with E-state index in [-0.39, 0.29) is 12.5 Å². The van der Waals surface area contributed by atoms with E-state index in [9.17, 15) is 18.0 Å². The fourth-order valence-corrected chi connectivity index (χ4v) is 2.51. The minimum absolute atomic E-state index is 0.0249. The molecule has 0 spiro atoms. The minimum Gasteiger partial charge on any atom is -0.351 e. The van der Waals surface area contributed by atoms with E-state index in [2.05, 4.69) is 10.3 Å². The van der Waals surface area contributed by atoms with E-state index in [1.54, 1.807) is 12.1 Å². The highest BCUT2D eigenvalue weighted by Crippen LogP contribution is 2.29. The maximum absolute atomic E-state index is 12.7. The first-order valence-electron chi connectivity index (χ1n) is 7.36. The third kappa shape index (κ3) is 3.42. The van der Waals surface area contributed by atoms with Crippen LogP contribution in [0, 0.1) is 6.92 Å². The molecule has 3 aromatic rings. The fraction of sp³-hybridized carbons (Fsp3) is 0.167. The van der Waals surface area contributed by atoms with Crippen molar-refractivity contribution in [1.82, 2.24) is 10.3 Å². The van der Waals surface area contributed by atoms with Crippen LogP contribution in [0.1, 0.15) is 27.2 Å². The van der Waals surface area contributed by atoms with Crippen molar-refractivity contribution in [2.45, 2.75) is 19.6 Å². The number of amides is 1. The molecule has 0 saturated heterocycles. The molecule has 0 aliphatic carbocycles. The second-order valence-electron chi connectivity index (χ2n) is 5.65. The van der Waals surface area contributed by atoms with Crippen LogP contribution in [0.5, 0.6) is 0 Å². The summed E-state index contributed by atoms with van der Waals surface area (Å²) in [6, 6.07) is 12.4. The molecule has 124 valence electrons. The normalized spacial score (nSPS) is 11.7. The van der Waals surface area contributed by atoms with Gasteiger partial charge in [0.25, 0.3) is 5.91 Å². The highest BCUT2D eigenvalue weighted by molar-refractivity contribution is 5.98. The number of hydrogen-bond acceptors (Lipinski definition) is 1. The van der Waals surface area contributed by atoms with Crippen molar-refractivity contribution >= 4 is 16.8 Å². The number of nitrogens with one attached hydrogen (secondary N) is 2. The van der Waals surface area contributed by atoms with Gasteiger partial charge in [0.2, 0.25) is 0 Å². The Labute approximate surface area is 136 Å². The van der Waals surface area contributed by atoms with Crippen molar-refractivity contribution in [2.24, 2.45) is 0 Å². The molecule has 0 aliphatic heterocycles. The Hall–Kier alpha value is -2.76. The van der Waals surface area contributed by atoms with Gasteiger partial charge in [-0.25, -0.2) is 0 Å². The van der Waals surface area contributed by atoms with E-state index < -0.39 is 11.7 Å². The summed E-state index contributed by atoms with van der Waals surface area (Å²) in [6.45, 7) is 1.98. The fourth-order valence-electron chi connectivity index (χ4n) is 2.51. The molecular weight excluding hydrogens is 317 g/mol. The number of H-pyrrole nitrogens is 1. The quantitative estimate of drug-likeness (QED) is 0.732. The van der Waals surface area contributed by atoms with Crippen molar-refractivity contribution in [3.05, 3.63) is 70.9 Å². The smallest absolute Gasteiger partial charge is 0.351 e. The number of aromatic amines is 1. The van der Waals surface area contributed by atoms with Gasteiger partial charge in [-0.3, -0.25) is 4.79 Å². The highest BCUT2D eigenvalue weighted by atomic mass is 19.4. The van der Waals surface area contributed by atoms with Crippen LogP contribution in [0.4, 0.5) is 13.2 Å². The number of hydrogen-bond donors (Lipinski definition) is 2. The number of aromatic nitrogens is 1. The monoisotopic (exact) mass is 332 g/mol. The summed E-state index contributed by atoms with van der Waals surface area (Å²) in [6.07, 6.45) is -4.39. The summed E-state index contributed by atoms with van der Waals surface area (Å²) in [5, 5.41) is 3.55. The predicted octanol–water partition coefficient (Wildman–Crippen LogP) is 4.43. The summed E-state index contributed by atoms with van der Waals surface area (Å²) in [5.74, 6) is -0.360. The first-order valence-corrected chi connectivity index (χ1v) is 7.36. The average Bonchev–Trinajstić information content (AvgIpc) is 2.95. The van der Waals surface area contributed by atoms with Crippen LogP contribution in [-0.4, -0.2) is 10.9 Å². The van der Waals surface area contributed by atoms with Crippen molar-refractivity contribution in [3.8, 4) is 0 Å². The molecule has 1 aromatic heterocycles. The zero-order chi connectivity index (χ0) is 17.3. The van der Waals surface area contributed by atoms with Crippen molar-refractivity contribution < 1.29 is 18.0 Å². The van der Waals surface area contributed by atoms with Gasteiger partial charge in [-0.05, 0) is 42.8 Å². The van der Waals surface area contributed by atoms with Crippen LogP contribution >= 0.6 is 0 Å². The van der Waals surface area contributed by atoms with E-state index >= 15 is 0 Å². The molecule has 2 N–H and O–H groups in total. The molecular formula is C18H15F3N2O. The number of benzene rings is 2. The Morgan fingerprint density at radius 3 is 2.67 bits per heavy atom. The van der Waals surface area contributed by atoms with E-state index in [0.717, 1.165) is 28.6 Å². The number of rotatable bonds is 3. The topological polar surface area (TPSA) is 44.9 Å². The Bertz CT molecular complexity index is 897. The van der Waals surface area contributed by atoms with Crippen LogP contribution in [0.25, 0.3) is 10.9 Å². The average molecular weight is 332 g/mol. The predicted molar refractivity (Wildman–Crippen MR) is 85.6 cm³/mol. The molecule has 1 amide bonds. The largest absolute Gasteiger partial charge is 0.416 e. The number of alkyl halides is 3. The summed E-state index contributed by atoms with van der Waals surface area (Å²) in [5.41, 5.74) is 1.96. The molecule has 0 unspecified atom stereocenters. The van der Waals surface area contributed by atoms with Crippen LogP contribution in [-0.2, 0) is 12.7 Å². The zero-order valence-corrected chi connectivity index (χ0v) is 12.9. The van der Waals surface area contributed by atoms with Crippen LogP contribution in [0.3, 0.4) is 0 Å². The Balaban J connectivity index is 1.73. The maximum Gasteiger partial charge on any atom is 0.416 e. The SMILES string of the molecule is Cc1ccc2[nH]c(C(=O)NCc3cccc(C(F)(F)F)c3)cc2c1. The number of aryl methyl sites for hydroxylation is 1. The summed E-state index contributed by atoms with van der Waals surface area (Å²) in [4.78, 5) is 15.2. The Morgan fingerprint density at radius 1 is 1.12 bits per heavy atom. The molecule has 1 heterocycles. The van der Waals surface area contributed by atoms with E-state index in [0.29, 0.717) is 11.3 Å². The third-order valence-corrected chi connectivity index (χ3v) is 3.73. The van der Waals surface area contributed by atoms with Crippen molar-refractivity contribution in [1.29, 1.82) is 0 Å². The highest BCUT2D eigenvalue weighted by Gasteiger charge is 2.30. The van der Waals surface area contributed by atoms with Gasteiger partial charge in [-0.15, -0.1) is 0 Å². The summed E-state index contributed by atoms with van der Waals surface area (Å²) in [7, 11) is 0. The van der Waals surface area contributed by atoms with Crippen LogP contribution in [0.15, 0.2) is 48.5 Å². The van der Waals surface area contributed by atoms with Gasteiger partial charge in [-0.1, -0.05) is 23.8 Å². The standard InChI is InChI=1S/C18H15F3N2O/c1-11-5-6-15-13(7-11)9-16(23-15)17(24)22-10-12-3-2-4-14(8-12)18(19,20)21/h2-9,23H,10H2,1H3,(H,22,24). The lowest BCUT2D eigenvalue weighted by Crippen LogP contribution is -2.23. The van der Waals surface area contributed by atoms with Gasteiger partial charge in [0.1, 0.15) is 5.69 Å². The first-order chi connectivity index (χ1) is 11.3. The second kappa shape index (κ2) is 6.03. The molecule has 24 heavy (non-hydrogen) atoms. The van der Waals surface area contributed by atoms with Crippen molar-refractivity contribution in [3.63, 3.8) is 0 Å². The number of carbonyl (C=O) groups excluding carboxylic acids is 1. The van der Waals surface area contributed by atoms with Crippen LogP contribution < -0.4 is 5.32 Å². The lowest BCUT2D eigenvalue weighted by Gasteiger charge is -2.09. The summed E-state index contributed by atoms with van der Waals surface area (Å²) >= 11 is 0. The minimum atomic E-state index is -4.39. The van der Waals surface area contributed by atoms with Gasteiger partial charge in [-0.2, -0.15) is 13.2 Å². The van der Waals surface area contributed by atoms with Crippen molar-refractivity contribution in [2.75, 3.05) is 0 Å². The molecule has 0 radical (unpaired) electrons. The molecule has 0 aliphatic rings. The summed E-state index contributed by atoms with van der Waals surface area (Å²) < 4.78 is 38.1. The van der Waals surface area contributed by atoms with E-state index in [1.807, 2.05) is 25.1 Å². The number of halogens is 3. The van der Waals surface area contributed by atoms with Gasteiger partial charge in [0, 0.05) is 17.4 Å². The molecule has 2 aromatic carbocycles. The van der Waals surface area contributed by atoms with Gasteiger partial charge < -0.3 is 10.3 Å². The second-order valence-corrected chi connectivity index (χ2v) is 5.65. The molecule has 0 saturated carbocycles. The Morgan fingerprint density at radius 2 is 1.92 bits per heavy atom. The van der Waals surface area contributed by atoms with Crippen LogP contribution in [0.2, 0.25) is 0 Å². The van der Waals surface area contributed by atoms with Gasteiger partial charge in [0.05, 0.1) is 5.56 Å². The molecule has 6 heteroatoms. The lowest BCUT2D eigenvalue weighted by molar-refractivity contribution is -0.137. The zero-order valence-electron chi connectivity index (χ0n) is 12.9. The Kier molecular flexibility index (Phi) is 4.05. The molecule has 3 rings (SSSR count). The maximum atomic E-state index is 12.7. The third-order valence-electron chi connectivity index (χ3n) is 3.73. The van der Waals surface area contributed by atoms with E-state index in [4.69, 9.17) is 0 Å². The van der Waals surface area contributed by atoms with E-state index in [1.165, 1.54) is 6.07 Å². The first kappa shape index (κ1) is 16.1. The van der Waals surface area contributed by atoms with Gasteiger partial charge >= 0.3 is 6.18 Å². The molecule has 0 fully saturated rings. The number of carbonyl (C=O) groups is 1.